The fourth-order valence-corrected chi connectivity index (χ4v) is 8.71. The summed E-state index contributed by atoms with van der Waals surface area (Å²) < 4.78 is 0. The van der Waals surface area contributed by atoms with Gasteiger partial charge in [-0.2, -0.15) is 10.8 Å². The van der Waals surface area contributed by atoms with Gasteiger partial charge in [0, 0.05) is 27.8 Å². The van der Waals surface area contributed by atoms with Gasteiger partial charge < -0.3 is 30.3 Å². The zero-order chi connectivity index (χ0) is 30.1. The molecular weight excluding hydrogens is 618 g/mol. The molecule has 0 saturated heterocycles. The van der Waals surface area contributed by atoms with E-state index in [0.717, 1.165) is 39.4 Å². The molecule has 2 aromatic heterocycles. The standard InChI is InChI=1S/C32H37N2P2Si.C5H5.Fe/c1-31(2,3)30-26(37(4,5)6)19-23(20-35)29(30)32(36,27-17-15-21-11-7-9-13-24(21)33-27)28-18-16-22-12-8-10-14-25(22)34-28;1-2-4-5-3-1;/h7-19H,20,35-36H2,1-6H3;1-5H;/q-1;-5;. The second-order valence-corrected chi connectivity index (χ2v) is 19.4. The van der Waals surface area contributed by atoms with Crippen LogP contribution in [0, 0.1) is 0 Å². The summed E-state index contributed by atoms with van der Waals surface area (Å²) >= 11 is 0. The molecule has 43 heavy (non-hydrogen) atoms. The van der Waals surface area contributed by atoms with Crippen molar-refractivity contribution in [2.24, 2.45) is 0 Å². The van der Waals surface area contributed by atoms with E-state index in [-0.39, 0.29) is 22.5 Å². The van der Waals surface area contributed by atoms with E-state index in [0.29, 0.717) is 0 Å². The van der Waals surface area contributed by atoms with E-state index >= 15 is 0 Å². The van der Waals surface area contributed by atoms with Crippen molar-refractivity contribution >= 4 is 53.5 Å². The van der Waals surface area contributed by atoms with Gasteiger partial charge in [-0.15, -0.1) is 29.6 Å². The molecule has 0 N–H and O–H groups in total. The van der Waals surface area contributed by atoms with Crippen molar-refractivity contribution in [1.82, 2.24) is 9.97 Å². The van der Waals surface area contributed by atoms with Crippen molar-refractivity contribution in [3.63, 3.8) is 0 Å². The first-order valence-corrected chi connectivity index (χ1v) is 19.6. The van der Waals surface area contributed by atoms with E-state index in [1.165, 1.54) is 16.7 Å². The van der Waals surface area contributed by atoms with Gasteiger partial charge in [-0.05, 0) is 24.3 Å². The Balaban J connectivity index is 0.000000641. The van der Waals surface area contributed by atoms with Crippen LogP contribution in [0.1, 0.15) is 48.8 Å². The van der Waals surface area contributed by atoms with Crippen molar-refractivity contribution < 1.29 is 17.1 Å². The Morgan fingerprint density at radius 2 is 1.16 bits per heavy atom. The summed E-state index contributed by atoms with van der Waals surface area (Å²) in [6.45, 7) is 14.4. The van der Waals surface area contributed by atoms with Gasteiger partial charge in [-0.1, -0.05) is 101 Å². The minimum absolute atomic E-state index is 0. The number of para-hydroxylation sites is 2. The first-order chi connectivity index (χ1) is 19.9. The minimum atomic E-state index is -1.64. The van der Waals surface area contributed by atoms with Crippen molar-refractivity contribution in [3.8, 4) is 0 Å². The Labute approximate surface area is 273 Å². The van der Waals surface area contributed by atoms with Gasteiger partial charge in [0.2, 0.25) is 0 Å². The van der Waals surface area contributed by atoms with Crippen LogP contribution >= 0.6 is 18.5 Å². The Morgan fingerprint density at radius 1 is 0.721 bits per heavy atom. The van der Waals surface area contributed by atoms with Crippen LogP contribution in [0.5, 0.6) is 0 Å². The summed E-state index contributed by atoms with van der Waals surface area (Å²) in [7, 11) is 4.60. The molecule has 0 radical (unpaired) electrons. The Morgan fingerprint density at radius 3 is 1.56 bits per heavy atom. The summed E-state index contributed by atoms with van der Waals surface area (Å²) in [5.74, 6) is 0. The molecule has 0 saturated carbocycles. The van der Waals surface area contributed by atoms with Crippen molar-refractivity contribution in [1.29, 1.82) is 0 Å². The minimum Gasteiger partial charge on any atom is -0.748 e. The second kappa shape index (κ2) is 13.3. The molecular formula is C37H42FeN2P2Si-6. The number of aromatic nitrogens is 2. The van der Waals surface area contributed by atoms with Gasteiger partial charge in [-0.25, -0.2) is 6.07 Å². The Bertz CT molecular complexity index is 1710. The van der Waals surface area contributed by atoms with Gasteiger partial charge in [0.25, 0.3) is 0 Å². The first-order valence-electron chi connectivity index (χ1n) is 14.7. The monoisotopic (exact) mass is 660 g/mol. The molecule has 0 bridgehead atoms. The molecule has 228 valence electrons. The van der Waals surface area contributed by atoms with Crippen LogP contribution in [-0.4, -0.2) is 18.0 Å². The normalized spacial score (nSPS) is 12.1. The molecule has 2 atom stereocenters. The molecule has 2 heterocycles. The van der Waals surface area contributed by atoms with Crippen LogP contribution in [-0.2, 0) is 33.8 Å². The maximum Gasteiger partial charge on any atom is 0.0713 e. The molecule has 4 aromatic carbocycles. The molecule has 6 rings (SSSR count). The van der Waals surface area contributed by atoms with E-state index in [1.54, 1.807) is 5.19 Å². The van der Waals surface area contributed by atoms with Gasteiger partial charge in [0.1, 0.15) is 0 Å². The van der Waals surface area contributed by atoms with Gasteiger partial charge in [-0.3, -0.25) is 9.97 Å². The van der Waals surface area contributed by atoms with E-state index < -0.39 is 13.2 Å². The van der Waals surface area contributed by atoms with Crippen LogP contribution in [0.15, 0.2) is 109 Å². The first kappa shape index (κ1) is 33.4. The van der Waals surface area contributed by atoms with Crippen LogP contribution in [0.4, 0.5) is 0 Å². The Kier molecular flexibility index (Phi) is 10.3. The molecule has 0 amide bonds. The third-order valence-corrected chi connectivity index (χ3v) is 11.2. The molecule has 2 nitrogen and oxygen atoms in total. The quantitative estimate of drug-likeness (QED) is 0.105. The number of rotatable bonds is 5. The summed E-state index contributed by atoms with van der Waals surface area (Å²) in [6, 6.07) is 38.1. The average Bonchev–Trinajstić information content (AvgIpc) is 3.68. The summed E-state index contributed by atoms with van der Waals surface area (Å²) in [5.41, 5.74) is 8.19. The number of hydrogen-bond donors (Lipinski definition) is 0. The number of nitrogens with zero attached hydrogens (tertiary/aromatic N) is 2. The van der Waals surface area contributed by atoms with E-state index in [9.17, 15) is 0 Å². The third-order valence-electron chi connectivity index (χ3n) is 7.89. The summed E-state index contributed by atoms with van der Waals surface area (Å²) in [5, 5.41) is 3.25. The van der Waals surface area contributed by atoms with Crippen LogP contribution < -0.4 is 5.19 Å². The molecule has 0 spiro atoms. The van der Waals surface area contributed by atoms with E-state index in [1.807, 2.05) is 30.3 Å². The number of hydrogen-bond acceptors (Lipinski definition) is 2. The molecule has 0 aliphatic heterocycles. The maximum atomic E-state index is 5.29. The van der Waals surface area contributed by atoms with Gasteiger partial charge >= 0.3 is 0 Å². The Hall–Kier alpha value is -2.44. The molecule has 6 aromatic rings. The average molecular weight is 661 g/mol. The maximum absolute atomic E-state index is 5.29. The van der Waals surface area contributed by atoms with Crippen LogP contribution in [0.3, 0.4) is 0 Å². The molecule has 0 fully saturated rings. The van der Waals surface area contributed by atoms with Crippen LogP contribution in [0.25, 0.3) is 21.8 Å². The SMILES string of the molecule is CC(C)(C)[c-]1c([Si](C)(C)C)cc(CP)c1C(P)(c1ccc2ccccc2n1)c1ccc2ccccc2n1.[Fe].[cH-]1[cH-][cH-][cH-][cH-]1. The molecule has 0 aliphatic rings. The molecule has 2 unspecified atom stereocenters. The largest absolute Gasteiger partial charge is 0.748 e. The molecule has 0 aliphatic carbocycles. The van der Waals surface area contributed by atoms with Crippen molar-refractivity contribution in [2.45, 2.75) is 57.1 Å². The topological polar surface area (TPSA) is 25.8 Å². The van der Waals surface area contributed by atoms with E-state index in [2.05, 4.69) is 138 Å². The summed E-state index contributed by atoms with van der Waals surface area (Å²) in [4.78, 5) is 10.6. The fourth-order valence-electron chi connectivity index (χ4n) is 5.88. The smallest absolute Gasteiger partial charge is 0.0713 e. The van der Waals surface area contributed by atoms with E-state index in [4.69, 9.17) is 9.97 Å². The van der Waals surface area contributed by atoms with Crippen molar-refractivity contribution in [2.75, 3.05) is 0 Å². The number of fused-ring (bicyclic) bond motifs is 2. The number of pyridine rings is 2. The predicted octanol–water partition coefficient (Wildman–Crippen LogP) is 9.29. The molecule has 6 heteroatoms. The zero-order valence-corrected chi connectivity index (χ0v) is 30.4. The van der Waals surface area contributed by atoms with Gasteiger partial charge in [0.05, 0.1) is 35.7 Å². The number of benzene rings is 2. The van der Waals surface area contributed by atoms with Gasteiger partial charge in [0.15, 0.2) is 0 Å². The third kappa shape index (κ3) is 6.80. The fraction of sp³-hybridized carbons (Fsp3) is 0.243. The zero-order valence-electron chi connectivity index (χ0n) is 26.0. The van der Waals surface area contributed by atoms with Crippen molar-refractivity contribution in [3.05, 3.63) is 137 Å². The summed E-state index contributed by atoms with van der Waals surface area (Å²) in [6.07, 6.45) is 0.889. The predicted molar refractivity (Wildman–Crippen MR) is 192 cm³/mol. The van der Waals surface area contributed by atoms with Crippen LogP contribution in [0.2, 0.25) is 19.6 Å². The second-order valence-electron chi connectivity index (χ2n) is 13.1.